The van der Waals surface area contributed by atoms with E-state index in [-0.39, 0.29) is 0 Å². The molecule has 4 heteroatoms. The second-order valence-electron chi connectivity index (χ2n) is 15.9. The molecule has 0 saturated heterocycles. The van der Waals surface area contributed by atoms with Crippen molar-refractivity contribution >= 4 is 76.5 Å². The predicted molar refractivity (Wildman–Crippen MR) is 254 cm³/mol. The first-order valence-electron chi connectivity index (χ1n) is 20.8. The molecular formula is C57H35N3O. The molecule has 0 radical (unpaired) electrons. The Morgan fingerprint density at radius 2 is 1.02 bits per heavy atom. The second-order valence-corrected chi connectivity index (χ2v) is 15.9. The highest BCUT2D eigenvalue weighted by atomic mass is 16.3. The van der Waals surface area contributed by atoms with Crippen molar-refractivity contribution in [1.29, 1.82) is 0 Å². The van der Waals surface area contributed by atoms with Gasteiger partial charge in [-0.25, -0.2) is 4.98 Å². The van der Waals surface area contributed by atoms with Crippen LogP contribution >= 0.6 is 0 Å². The van der Waals surface area contributed by atoms with E-state index >= 15 is 0 Å². The number of para-hydroxylation sites is 5. The van der Waals surface area contributed by atoms with Crippen LogP contribution in [0.4, 0.5) is 0 Å². The Balaban J connectivity index is 1.14. The lowest BCUT2D eigenvalue weighted by atomic mass is 9.91. The van der Waals surface area contributed by atoms with Crippen LogP contribution in [0.3, 0.4) is 0 Å². The molecule has 0 aliphatic rings. The van der Waals surface area contributed by atoms with Crippen LogP contribution in [0.5, 0.6) is 0 Å². The van der Waals surface area contributed by atoms with Gasteiger partial charge in [0.05, 0.1) is 39.0 Å². The molecule has 0 amide bonds. The fourth-order valence-electron chi connectivity index (χ4n) is 9.87. The molecule has 0 N–H and O–H groups in total. The smallest absolute Gasteiger partial charge is 0.159 e. The van der Waals surface area contributed by atoms with E-state index in [0.29, 0.717) is 0 Å². The Morgan fingerprint density at radius 3 is 1.80 bits per heavy atom. The minimum atomic E-state index is 0.841. The van der Waals surface area contributed by atoms with Crippen LogP contribution in [0.15, 0.2) is 217 Å². The highest BCUT2D eigenvalue weighted by Gasteiger charge is 2.24. The number of rotatable bonds is 5. The first kappa shape index (κ1) is 33.7. The molecule has 13 rings (SSSR count). The third-order valence-corrected chi connectivity index (χ3v) is 12.5. The van der Waals surface area contributed by atoms with Gasteiger partial charge in [-0.15, -0.1) is 0 Å². The van der Waals surface area contributed by atoms with Gasteiger partial charge >= 0.3 is 0 Å². The van der Waals surface area contributed by atoms with Crippen molar-refractivity contribution in [2.45, 2.75) is 0 Å². The summed E-state index contributed by atoms with van der Waals surface area (Å²) in [6, 6.07) is 75.9. The largest absolute Gasteiger partial charge is 0.454 e. The van der Waals surface area contributed by atoms with Crippen molar-refractivity contribution in [2.24, 2.45) is 0 Å². The molecular weight excluding hydrogens is 743 g/mol. The fourth-order valence-corrected chi connectivity index (χ4v) is 9.87. The second kappa shape index (κ2) is 13.2. The predicted octanol–water partition coefficient (Wildman–Crippen LogP) is 15.3. The van der Waals surface area contributed by atoms with Gasteiger partial charge in [-0.2, -0.15) is 0 Å². The molecule has 0 aliphatic heterocycles. The SMILES string of the molecule is c1ccc(-c2cc(-c3cc(-c4ccccc4)nc4ccccc34)c3c(c2)oc2c(-n4c5ccccc5c5c4ccc4c6ccccc6n(-c6ccccc6)c45)cccc23)cc1. The summed E-state index contributed by atoms with van der Waals surface area (Å²) in [6.45, 7) is 0. The highest BCUT2D eigenvalue weighted by molar-refractivity contribution is 6.27. The summed E-state index contributed by atoms with van der Waals surface area (Å²) in [7, 11) is 0. The lowest BCUT2D eigenvalue weighted by molar-refractivity contribution is 0.666. The van der Waals surface area contributed by atoms with Gasteiger partial charge in [0.1, 0.15) is 5.58 Å². The number of furan rings is 1. The van der Waals surface area contributed by atoms with E-state index in [2.05, 4.69) is 221 Å². The van der Waals surface area contributed by atoms with Crippen LogP contribution < -0.4 is 0 Å². The van der Waals surface area contributed by atoms with Crippen LogP contribution in [-0.2, 0) is 0 Å². The number of hydrogen-bond donors (Lipinski definition) is 0. The van der Waals surface area contributed by atoms with Crippen molar-refractivity contribution in [1.82, 2.24) is 14.1 Å². The molecule has 0 atom stereocenters. The van der Waals surface area contributed by atoms with Crippen molar-refractivity contribution in [3.63, 3.8) is 0 Å². The third kappa shape index (κ3) is 5.03. The number of nitrogens with zero attached hydrogens (tertiary/aromatic N) is 3. The Morgan fingerprint density at radius 1 is 0.377 bits per heavy atom. The van der Waals surface area contributed by atoms with E-state index < -0.39 is 0 Å². The molecule has 0 aliphatic carbocycles. The Kier molecular flexibility index (Phi) is 7.27. The molecule has 4 nitrogen and oxygen atoms in total. The average molecular weight is 778 g/mol. The summed E-state index contributed by atoms with van der Waals surface area (Å²) in [4.78, 5) is 5.18. The van der Waals surface area contributed by atoms with Crippen molar-refractivity contribution in [3.05, 3.63) is 212 Å². The number of hydrogen-bond acceptors (Lipinski definition) is 2. The normalized spacial score (nSPS) is 11.9. The van der Waals surface area contributed by atoms with Crippen LogP contribution in [0.2, 0.25) is 0 Å². The molecule has 13 aromatic rings. The zero-order chi connectivity index (χ0) is 40.0. The Hall–Kier alpha value is -8.21. The van der Waals surface area contributed by atoms with E-state index in [4.69, 9.17) is 9.40 Å². The van der Waals surface area contributed by atoms with Crippen LogP contribution in [0.25, 0.3) is 121 Å². The van der Waals surface area contributed by atoms with Gasteiger partial charge in [0.15, 0.2) is 5.58 Å². The quantitative estimate of drug-likeness (QED) is 0.174. The summed E-state index contributed by atoms with van der Waals surface area (Å²) in [6.07, 6.45) is 0. The molecule has 0 spiro atoms. The zero-order valence-corrected chi connectivity index (χ0v) is 33.0. The average Bonchev–Trinajstić information content (AvgIpc) is 4.00. The Bertz CT molecular complexity index is 3860. The summed E-state index contributed by atoms with van der Waals surface area (Å²) < 4.78 is 12.1. The minimum absolute atomic E-state index is 0.841. The van der Waals surface area contributed by atoms with E-state index in [1.165, 1.54) is 32.6 Å². The van der Waals surface area contributed by atoms with Gasteiger partial charge in [-0.1, -0.05) is 152 Å². The molecule has 9 aromatic carbocycles. The number of aromatic nitrogens is 3. The first-order chi connectivity index (χ1) is 30.3. The lowest BCUT2D eigenvalue weighted by Gasteiger charge is -2.13. The van der Waals surface area contributed by atoms with E-state index in [1.54, 1.807) is 0 Å². The molecule has 4 heterocycles. The highest BCUT2D eigenvalue weighted by Crippen LogP contribution is 2.47. The minimum Gasteiger partial charge on any atom is -0.454 e. The molecule has 61 heavy (non-hydrogen) atoms. The van der Waals surface area contributed by atoms with E-state index in [9.17, 15) is 0 Å². The zero-order valence-electron chi connectivity index (χ0n) is 33.0. The van der Waals surface area contributed by atoms with Gasteiger partial charge in [-0.05, 0) is 82.9 Å². The van der Waals surface area contributed by atoms with Crippen molar-refractivity contribution in [3.8, 4) is 44.9 Å². The number of benzene rings is 9. The molecule has 0 fully saturated rings. The van der Waals surface area contributed by atoms with E-state index in [0.717, 1.165) is 88.8 Å². The standard InChI is InChI=1S/C57H35N3O/c1-4-17-36(18-5-1)38-33-46(45-35-48(37-19-6-2-7-20-37)58-47-27-13-10-23-40(45)47)54-44-26-16-30-52(57(44)61-53(54)34-38)60-50-29-15-12-25-43(50)55-51(60)32-31-42-41-24-11-14-28-49(41)59(56(42)55)39-21-8-3-9-22-39/h1-35H. The molecule has 284 valence electrons. The van der Waals surface area contributed by atoms with Crippen molar-refractivity contribution < 1.29 is 4.42 Å². The van der Waals surface area contributed by atoms with Gasteiger partial charge in [0, 0.05) is 49.0 Å². The summed E-state index contributed by atoms with van der Waals surface area (Å²) in [5.74, 6) is 0. The molecule has 0 bridgehead atoms. The van der Waals surface area contributed by atoms with Gasteiger partial charge in [0.25, 0.3) is 0 Å². The maximum absolute atomic E-state index is 7.24. The lowest BCUT2D eigenvalue weighted by Crippen LogP contribution is -1.95. The van der Waals surface area contributed by atoms with Gasteiger partial charge < -0.3 is 13.6 Å². The van der Waals surface area contributed by atoms with Crippen LogP contribution in [-0.4, -0.2) is 14.1 Å². The van der Waals surface area contributed by atoms with Gasteiger partial charge in [-0.3, -0.25) is 0 Å². The maximum Gasteiger partial charge on any atom is 0.159 e. The fraction of sp³-hybridized carbons (Fsp3) is 0. The molecule has 4 aromatic heterocycles. The third-order valence-electron chi connectivity index (χ3n) is 12.5. The van der Waals surface area contributed by atoms with Crippen molar-refractivity contribution in [2.75, 3.05) is 0 Å². The van der Waals surface area contributed by atoms with Gasteiger partial charge in [0.2, 0.25) is 0 Å². The molecule has 0 unspecified atom stereocenters. The topological polar surface area (TPSA) is 35.9 Å². The first-order valence-corrected chi connectivity index (χ1v) is 20.8. The molecule has 0 saturated carbocycles. The maximum atomic E-state index is 7.24. The summed E-state index contributed by atoms with van der Waals surface area (Å²) in [5, 5.41) is 8.12. The van der Waals surface area contributed by atoms with E-state index in [1.807, 2.05) is 0 Å². The Labute approximate surface area is 350 Å². The number of pyridine rings is 1. The van der Waals surface area contributed by atoms with Crippen LogP contribution in [0, 0.1) is 0 Å². The summed E-state index contributed by atoms with van der Waals surface area (Å²) in [5.41, 5.74) is 15.9. The monoisotopic (exact) mass is 777 g/mol. The summed E-state index contributed by atoms with van der Waals surface area (Å²) >= 11 is 0. The van der Waals surface area contributed by atoms with Crippen LogP contribution in [0.1, 0.15) is 0 Å². The number of fused-ring (bicyclic) bond motifs is 11.